The van der Waals surface area contributed by atoms with Crippen molar-refractivity contribution in [2.75, 3.05) is 26.2 Å². The maximum Gasteiger partial charge on any atom is 0.240 e. The van der Waals surface area contributed by atoms with Gasteiger partial charge in [-0.3, -0.25) is 9.59 Å². The molecule has 1 aromatic carbocycles. The molecule has 0 spiro atoms. The van der Waals surface area contributed by atoms with Crippen LogP contribution in [0.25, 0.3) is 0 Å². The first-order chi connectivity index (χ1) is 10.7. The summed E-state index contributed by atoms with van der Waals surface area (Å²) >= 11 is 0. The third-order valence-corrected chi connectivity index (χ3v) is 4.09. The van der Waals surface area contributed by atoms with Gasteiger partial charge in [0, 0.05) is 32.7 Å². The Balaban J connectivity index is 1.96. The van der Waals surface area contributed by atoms with E-state index in [-0.39, 0.29) is 18.2 Å². The van der Waals surface area contributed by atoms with E-state index >= 15 is 0 Å². The van der Waals surface area contributed by atoms with Crippen LogP contribution in [0.2, 0.25) is 0 Å². The van der Waals surface area contributed by atoms with Gasteiger partial charge in [0.25, 0.3) is 0 Å². The Morgan fingerprint density at radius 3 is 2.59 bits per heavy atom. The van der Waals surface area contributed by atoms with E-state index in [0.29, 0.717) is 26.2 Å². The number of benzene rings is 1. The molecule has 0 saturated carbocycles. The third-order valence-electron chi connectivity index (χ3n) is 4.09. The van der Waals surface area contributed by atoms with Gasteiger partial charge in [-0.05, 0) is 19.4 Å². The number of amides is 2. The van der Waals surface area contributed by atoms with Gasteiger partial charge in [-0.25, -0.2) is 0 Å². The lowest BCUT2D eigenvalue weighted by atomic mass is 10.1. The highest BCUT2D eigenvalue weighted by molar-refractivity contribution is 5.88. The summed E-state index contributed by atoms with van der Waals surface area (Å²) in [5.74, 6) is 0.0630. The van der Waals surface area contributed by atoms with Crippen LogP contribution < -0.4 is 5.32 Å². The summed E-state index contributed by atoms with van der Waals surface area (Å²) in [6.07, 6.45) is 0.242. The second-order valence-corrected chi connectivity index (χ2v) is 5.52. The van der Waals surface area contributed by atoms with Gasteiger partial charge < -0.3 is 15.1 Å². The molecule has 5 heteroatoms. The van der Waals surface area contributed by atoms with E-state index in [1.54, 1.807) is 4.90 Å². The molecule has 1 aliphatic heterocycles. The van der Waals surface area contributed by atoms with Crippen LogP contribution in [0.15, 0.2) is 30.3 Å². The Labute approximate surface area is 132 Å². The zero-order valence-electron chi connectivity index (χ0n) is 13.4. The zero-order valence-corrected chi connectivity index (χ0v) is 13.4. The summed E-state index contributed by atoms with van der Waals surface area (Å²) < 4.78 is 0. The van der Waals surface area contributed by atoms with Crippen LogP contribution >= 0.6 is 0 Å². The number of hydrogen-bond acceptors (Lipinski definition) is 3. The molecule has 1 heterocycles. The highest BCUT2D eigenvalue weighted by atomic mass is 16.2. The standard InChI is InChI=1S/C17H25N3O2/c1-3-19(4-2)16(21)12-15-17(22)20(11-10-18-15)13-14-8-6-5-7-9-14/h5-9,15,18H,3-4,10-13H2,1-2H3. The molecule has 1 aliphatic rings. The average molecular weight is 303 g/mol. The molecule has 1 N–H and O–H groups in total. The number of carbonyl (C=O) groups excluding carboxylic acids is 2. The van der Waals surface area contributed by atoms with Crippen LogP contribution in [0.5, 0.6) is 0 Å². The van der Waals surface area contributed by atoms with Crippen molar-refractivity contribution in [2.24, 2.45) is 0 Å². The maximum atomic E-state index is 12.6. The predicted molar refractivity (Wildman–Crippen MR) is 86.2 cm³/mol. The van der Waals surface area contributed by atoms with Crippen molar-refractivity contribution < 1.29 is 9.59 Å². The fourth-order valence-electron chi connectivity index (χ4n) is 2.79. The Morgan fingerprint density at radius 1 is 1.27 bits per heavy atom. The molecule has 5 nitrogen and oxygen atoms in total. The summed E-state index contributed by atoms with van der Waals surface area (Å²) in [5.41, 5.74) is 1.12. The predicted octanol–water partition coefficient (Wildman–Crippen LogP) is 1.25. The van der Waals surface area contributed by atoms with E-state index in [4.69, 9.17) is 0 Å². The molecule has 0 radical (unpaired) electrons. The van der Waals surface area contributed by atoms with Gasteiger partial charge in [0.2, 0.25) is 11.8 Å². The second-order valence-electron chi connectivity index (χ2n) is 5.52. The Bertz CT molecular complexity index is 500. The van der Waals surface area contributed by atoms with Gasteiger partial charge in [0.15, 0.2) is 0 Å². The summed E-state index contributed by atoms with van der Waals surface area (Å²) in [5, 5.41) is 3.18. The van der Waals surface area contributed by atoms with Gasteiger partial charge in [-0.15, -0.1) is 0 Å². The number of carbonyl (C=O) groups is 2. The summed E-state index contributed by atoms with van der Waals surface area (Å²) in [6, 6.07) is 9.56. The number of piperazine rings is 1. The van der Waals surface area contributed by atoms with Crippen molar-refractivity contribution in [1.82, 2.24) is 15.1 Å². The van der Waals surface area contributed by atoms with Crippen molar-refractivity contribution in [1.29, 1.82) is 0 Å². The topological polar surface area (TPSA) is 52.7 Å². The molecule has 0 aromatic heterocycles. The molecule has 22 heavy (non-hydrogen) atoms. The molecule has 2 rings (SSSR count). The Kier molecular flexibility index (Phi) is 5.95. The van der Waals surface area contributed by atoms with Crippen molar-refractivity contribution >= 4 is 11.8 Å². The van der Waals surface area contributed by atoms with Gasteiger partial charge >= 0.3 is 0 Å². The average Bonchev–Trinajstić information content (AvgIpc) is 2.53. The van der Waals surface area contributed by atoms with Gasteiger partial charge in [-0.1, -0.05) is 30.3 Å². The monoisotopic (exact) mass is 303 g/mol. The van der Waals surface area contributed by atoms with E-state index in [9.17, 15) is 9.59 Å². The SMILES string of the molecule is CCN(CC)C(=O)CC1NCCN(Cc2ccccc2)C1=O. The largest absolute Gasteiger partial charge is 0.343 e. The second kappa shape index (κ2) is 7.94. The van der Waals surface area contributed by atoms with Crippen molar-refractivity contribution in [2.45, 2.75) is 32.9 Å². The van der Waals surface area contributed by atoms with Gasteiger partial charge in [0.1, 0.15) is 0 Å². The van der Waals surface area contributed by atoms with E-state index in [1.165, 1.54) is 0 Å². The smallest absolute Gasteiger partial charge is 0.240 e. The molecule has 0 bridgehead atoms. The first-order valence-corrected chi connectivity index (χ1v) is 7.99. The van der Waals surface area contributed by atoms with E-state index in [0.717, 1.165) is 12.1 Å². The molecule has 1 atom stereocenters. The summed E-state index contributed by atoms with van der Waals surface area (Å²) in [4.78, 5) is 28.4. The molecule has 120 valence electrons. The molecular weight excluding hydrogens is 278 g/mol. The van der Waals surface area contributed by atoms with Crippen LogP contribution in [0.1, 0.15) is 25.8 Å². The minimum absolute atomic E-state index is 0.0237. The lowest BCUT2D eigenvalue weighted by Gasteiger charge is -2.34. The molecule has 1 saturated heterocycles. The summed E-state index contributed by atoms with van der Waals surface area (Å²) in [7, 11) is 0. The Morgan fingerprint density at radius 2 is 1.95 bits per heavy atom. The van der Waals surface area contributed by atoms with Crippen molar-refractivity contribution in [3.63, 3.8) is 0 Å². The quantitative estimate of drug-likeness (QED) is 0.860. The minimum atomic E-state index is -0.398. The molecule has 0 aliphatic carbocycles. The fraction of sp³-hybridized carbons (Fsp3) is 0.529. The zero-order chi connectivity index (χ0) is 15.9. The first-order valence-electron chi connectivity index (χ1n) is 7.99. The number of nitrogens with one attached hydrogen (secondary N) is 1. The molecule has 1 unspecified atom stereocenters. The molecule has 2 amide bonds. The number of hydrogen-bond donors (Lipinski definition) is 1. The van der Waals surface area contributed by atoms with Crippen molar-refractivity contribution in [3.05, 3.63) is 35.9 Å². The maximum absolute atomic E-state index is 12.6. The third kappa shape index (κ3) is 4.07. The fourth-order valence-corrected chi connectivity index (χ4v) is 2.79. The highest BCUT2D eigenvalue weighted by Crippen LogP contribution is 2.11. The molecular formula is C17H25N3O2. The van der Waals surface area contributed by atoms with Gasteiger partial charge in [0.05, 0.1) is 12.5 Å². The van der Waals surface area contributed by atoms with Crippen molar-refractivity contribution in [3.8, 4) is 0 Å². The minimum Gasteiger partial charge on any atom is -0.343 e. The number of rotatable bonds is 6. The number of nitrogens with zero attached hydrogens (tertiary/aromatic N) is 2. The first kappa shape index (κ1) is 16.5. The van der Waals surface area contributed by atoms with Crippen LogP contribution in [0, 0.1) is 0 Å². The van der Waals surface area contributed by atoms with E-state index < -0.39 is 6.04 Å². The lowest BCUT2D eigenvalue weighted by Crippen LogP contribution is -2.56. The van der Waals surface area contributed by atoms with Crippen LogP contribution in [0.3, 0.4) is 0 Å². The Hall–Kier alpha value is -1.88. The van der Waals surface area contributed by atoms with Crippen LogP contribution in [-0.4, -0.2) is 53.8 Å². The van der Waals surface area contributed by atoms with Crippen LogP contribution in [-0.2, 0) is 16.1 Å². The van der Waals surface area contributed by atoms with Crippen LogP contribution in [0.4, 0.5) is 0 Å². The van der Waals surface area contributed by atoms with E-state index in [1.807, 2.05) is 49.1 Å². The summed E-state index contributed by atoms with van der Waals surface area (Å²) in [6.45, 7) is 7.31. The highest BCUT2D eigenvalue weighted by Gasteiger charge is 2.30. The molecule has 1 fully saturated rings. The normalized spacial score (nSPS) is 18.4. The van der Waals surface area contributed by atoms with E-state index in [2.05, 4.69) is 5.32 Å². The molecule has 1 aromatic rings. The lowest BCUT2D eigenvalue weighted by molar-refractivity contribution is -0.141. The van der Waals surface area contributed by atoms with Gasteiger partial charge in [-0.2, -0.15) is 0 Å².